The Labute approximate surface area is 107 Å². The highest BCUT2D eigenvalue weighted by Gasteiger charge is 2.01. The molecule has 1 aromatic carbocycles. The summed E-state index contributed by atoms with van der Waals surface area (Å²) in [5, 5.41) is 9.40. The van der Waals surface area contributed by atoms with Crippen molar-refractivity contribution in [1.29, 1.82) is 0 Å². The molecule has 0 unspecified atom stereocenters. The SMILES string of the molecule is Cc1cccc(COc2ccc([C@H](C)O)cc2)n1. The average molecular weight is 243 g/mol. The summed E-state index contributed by atoms with van der Waals surface area (Å²) >= 11 is 0. The van der Waals surface area contributed by atoms with Crippen LogP contribution in [0.3, 0.4) is 0 Å². The lowest BCUT2D eigenvalue weighted by Gasteiger charge is -2.08. The van der Waals surface area contributed by atoms with Crippen LogP contribution in [0.4, 0.5) is 0 Å². The molecule has 0 fully saturated rings. The number of rotatable bonds is 4. The third-order valence-corrected chi connectivity index (χ3v) is 2.70. The lowest BCUT2D eigenvalue weighted by atomic mass is 10.1. The summed E-state index contributed by atoms with van der Waals surface area (Å²) in [6, 6.07) is 13.3. The predicted molar refractivity (Wildman–Crippen MR) is 70.4 cm³/mol. The molecule has 1 atom stereocenters. The molecule has 3 heteroatoms. The molecule has 2 rings (SSSR count). The van der Waals surface area contributed by atoms with Gasteiger partial charge in [0.2, 0.25) is 0 Å². The Kier molecular flexibility index (Phi) is 3.95. The highest BCUT2D eigenvalue weighted by atomic mass is 16.5. The Hall–Kier alpha value is -1.87. The van der Waals surface area contributed by atoms with Gasteiger partial charge in [-0.2, -0.15) is 0 Å². The molecule has 3 nitrogen and oxygen atoms in total. The molecule has 1 aromatic heterocycles. The van der Waals surface area contributed by atoms with Gasteiger partial charge < -0.3 is 9.84 Å². The Morgan fingerprint density at radius 1 is 1.17 bits per heavy atom. The molecule has 94 valence electrons. The number of ether oxygens (including phenoxy) is 1. The van der Waals surface area contributed by atoms with E-state index < -0.39 is 6.10 Å². The van der Waals surface area contributed by atoms with E-state index >= 15 is 0 Å². The summed E-state index contributed by atoms with van der Waals surface area (Å²) in [5.41, 5.74) is 2.78. The fraction of sp³-hybridized carbons (Fsp3) is 0.267. The normalized spacial score (nSPS) is 12.2. The largest absolute Gasteiger partial charge is 0.487 e. The molecule has 0 aliphatic carbocycles. The van der Waals surface area contributed by atoms with Gasteiger partial charge in [0.05, 0.1) is 11.8 Å². The summed E-state index contributed by atoms with van der Waals surface area (Å²) in [4.78, 5) is 4.37. The summed E-state index contributed by atoms with van der Waals surface area (Å²) in [6.45, 7) is 4.16. The summed E-state index contributed by atoms with van der Waals surface area (Å²) < 4.78 is 5.64. The Balaban J connectivity index is 1.98. The summed E-state index contributed by atoms with van der Waals surface area (Å²) in [5.74, 6) is 0.780. The number of aryl methyl sites for hydroxylation is 1. The first-order valence-electron chi connectivity index (χ1n) is 5.98. The molecule has 0 bridgehead atoms. The number of benzene rings is 1. The molecule has 0 aliphatic rings. The van der Waals surface area contributed by atoms with E-state index in [4.69, 9.17) is 4.74 Å². The summed E-state index contributed by atoms with van der Waals surface area (Å²) in [7, 11) is 0. The van der Waals surface area contributed by atoms with Crippen molar-refractivity contribution in [3.05, 3.63) is 59.4 Å². The fourth-order valence-electron chi connectivity index (χ4n) is 1.68. The van der Waals surface area contributed by atoms with Crippen LogP contribution < -0.4 is 4.74 Å². The zero-order valence-electron chi connectivity index (χ0n) is 10.6. The van der Waals surface area contributed by atoms with E-state index in [1.54, 1.807) is 6.92 Å². The zero-order valence-corrected chi connectivity index (χ0v) is 10.6. The molecule has 1 heterocycles. The van der Waals surface area contributed by atoms with Crippen LogP contribution in [0.15, 0.2) is 42.5 Å². The molecule has 0 saturated carbocycles. The van der Waals surface area contributed by atoms with E-state index in [0.717, 1.165) is 22.7 Å². The first-order valence-corrected chi connectivity index (χ1v) is 5.98. The predicted octanol–water partition coefficient (Wildman–Crippen LogP) is 3.02. The number of nitrogens with zero attached hydrogens (tertiary/aromatic N) is 1. The topological polar surface area (TPSA) is 42.4 Å². The van der Waals surface area contributed by atoms with Crippen molar-refractivity contribution < 1.29 is 9.84 Å². The maximum absolute atomic E-state index is 9.40. The minimum Gasteiger partial charge on any atom is -0.487 e. The van der Waals surface area contributed by atoms with Gasteiger partial charge in [0.25, 0.3) is 0 Å². The second-order valence-electron chi connectivity index (χ2n) is 4.30. The van der Waals surface area contributed by atoms with E-state index in [2.05, 4.69) is 4.98 Å². The fourth-order valence-corrected chi connectivity index (χ4v) is 1.68. The number of hydrogen-bond donors (Lipinski definition) is 1. The molecule has 0 saturated heterocycles. The van der Waals surface area contributed by atoms with Crippen molar-refractivity contribution >= 4 is 0 Å². The van der Waals surface area contributed by atoms with Crippen molar-refractivity contribution in [1.82, 2.24) is 4.98 Å². The number of pyridine rings is 1. The van der Waals surface area contributed by atoms with Crippen LogP contribution >= 0.6 is 0 Å². The van der Waals surface area contributed by atoms with E-state index in [0.29, 0.717) is 6.61 Å². The lowest BCUT2D eigenvalue weighted by molar-refractivity contribution is 0.199. The monoisotopic (exact) mass is 243 g/mol. The third kappa shape index (κ3) is 3.31. The maximum Gasteiger partial charge on any atom is 0.130 e. The highest BCUT2D eigenvalue weighted by Crippen LogP contribution is 2.18. The maximum atomic E-state index is 9.40. The smallest absolute Gasteiger partial charge is 0.130 e. The van der Waals surface area contributed by atoms with Crippen molar-refractivity contribution in [2.45, 2.75) is 26.6 Å². The molecular weight excluding hydrogens is 226 g/mol. The lowest BCUT2D eigenvalue weighted by Crippen LogP contribution is -1.99. The van der Waals surface area contributed by atoms with Gasteiger partial charge in [0.1, 0.15) is 12.4 Å². The van der Waals surface area contributed by atoms with Gasteiger partial charge in [0.15, 0.2) is 0 Å². The average Bonchev–Trinajstić information content (AvgIpc) is 2.37. The van der Waals surface area contributed by atoms with Crippen LogP contribution in [0.2, 0.25) is 0 Å². The van der Waals surface area contributed by atoms with Crippen molar-refractivity contribution in [2.75, 3.05) is 0 Å². The standard InChI is InChI=1S/C15H17NO2/c1-11-4-3-5-14(16-11)10-18-15-8-6-13(7-9-15)12(2)17/h3-9,12,17H,10H2,1-2H3/t12-/m0/s1. The van der Waals surface area contributed by atoms with Crippen molar-refractivity contribution in [2.24, 2.45) is 0 Å². The first-order chi connectivity index (χ1) is 8.65. The second kappa shape index (κ2) is 5.65. The van der Waals surface area contributed by atoms with Crippen LogP contribution in [0, 0.1) is 6.92 Å². The van der Waals surface area contributed by atoms with Gasteiger partial charge in [-0.1, -0.05) is 18.2 Å². The Morgan fingerprint density at radius 3 is 2.50 bits per heavy atom. The van der Waals surface area contributed by atoms with E-state index in [1.165, 1.54) is 0 Å². The minimum absolute atomic E-state index is 0.447. The quantitative estimate of drug-likeness (QED) is 0.897. The van der Waals surface area contributed by atoms with E-state index in [1.807, 2.05) is 49.4 Å². The number of hydrogen-bond acceptors (Lipinski definition) is 3. The molecular formula is C15H17NO2. The second-order valence-corrected chi connectivity index (χ2v) is 4.30. The van der Waals surface area contributed by atoms with E-state index in [9.17, 15) is 5.11 Å². The van der Waals surface area contributed by atoms with Gasteiger partial charge in [0, 0.05) is 5.69 Å². The molecule has 0 spiro atoms. The van der Waals surface area contributed by atoms with Crippen molar-refractivity contribution in [3.8, 4) is 5.75 Å². The Bertz CT molecular complexity index is 506. The van der Waals surface area contributed by atoms with Gasteiger partial charge in [-0.05, 0) is 43.7 Å². The molecule has 18 heavy (non-hydrogen) atoms. The number of aliphatic hydroxyl groups is 1. The van der Waals surface area contributed by atoms with Gasteiger partial charge in [-0.15, -0.1) is 0 Å². The number of aliphatic hydroxyl groups excluding tert-OH is 1. The highest BCUT2D eigenvalue weighted by molar-refractivity contribution is 5.28. The summed E-state index contributed by atoms with van der Waals surface area (Å²) in [6.07, 6.45) is -0.447. The minimum atomic E-state index is -0.447. The van der Waals surface area contributed by atoms with Gasteiger partial charge in [-0.25, -0.2) is 0 Å². The molecule has 0 amide bonds. The molecule has 2 aromatic rings. The zero-order chi connectivity index (χ0) is 13.0. The third-order valence-electron chi connectivity index (χ3n) is 2.70. The van der Waals surface area contributed by atoms with Crippen LogP contribution in [-0.4, -0.2) is 10.1 Å². The first kappa shape index (κ1) is 12.6. The van der Waals surface area contributed by atoms with Crippen LogP contribution in [0.25, 0.3) is 0 Å². The molecule has 0 aliphatic heterocycles. The van der Waals surface area contributed by atoms with Gasteiger partial charge >= 0.3 is 0 Å². The van der Waals surface area contributed by atoms with Crippen molar-refractivity contribution in [3.63, 3.8) is 0 Å². The van der Waals surface area contributed by atoms with Crippen LogP contribution in [0.5, 0.6) is 5.75 Å². The number of aromatic nitrogens is 1. The molecule has 0 radical (unpaired) electrons. The van der Waals surface area contributed by atoms with E-state index in [-0.39, 0.29) is 0 Å². The van der Waals surface area contributed by atoms with Gasteiger partial charge in [-0.3, -0.25) is 4.98 Å². The molecule has 1 N–H and O–H groups in total. The Morgan fingerprint density at radius 2 is 1.89 bits per heavy atom. The van der Waals surface area contributed by atoms with Crippen LogP contribution in [0.1, 0.15) is 30.0 Å². The van der Waals surface area contributed by atoms with Crippen LogP contribution in [-0.2, 0) is 6.61 Å².